The third kappa shape index (κ3) is 272. The monoisotopic (exact) mass is 339 g/mol. The van der Waals surface area contributed by atoms with Gasteiger partial charge < -0.3 is 31.5 Å². The van der Waals surface area contributed by atoms with E-state index < -0.39 is 7.82 Å². The van der Waals surface area contributed by atoms with Gasteiger partial charge in [0.1, 0.15) is 0 Å². The van der Waals surface area contributed by atoms with Crippen LogP contribution >= 0.6 is 7.82 Å². The van der Waals surface area contributed by atoms with Crippen LogP contribution in [0.5, 0.6) is 0 Å². The van der Waals surface area contributed by atoms with Crippen molar-refractivity contribution in [2.75, 3.05) is 0 Å². The van der Waals surface area contributed by atoms with Gasteiger partial charge in [-0.2, -0.15) is 7.82 Å². The summed E-state index contributed by atoms with van der Waals surface area (Å²) in [7, 11) is -5.39. The molecule has 4 radical (unpaired) electrons. The van der Waals surface area contributed by atoms with Gasteiger partial charge in [0, 0.05) is 27.3 Å². The molecule has 0 saturated heterocycles. The molecule has 0 aromatic rings. The number of phosphoric acid groups is 1. The van der Waals surface area contributed by atoms with Gasteiger partial charge in [-0.05, 0) is 0 Å². The molecule has 52 valence electrons. The average molecular weight is 338 g/mol. The number of hydrogen-bond donors (Lipinski definition) is 2. The maximum Gasteiger partial charge on any atom is 0 e. The molecule has 8 heavy (non-hydrogen) atoms. The van der Waals surface area contributed by atoms with Crippen molar-refractivity contribution >= 4 is 35.1 Å². The molecule has 8 N–H and O–H groups in total. The second kappa shape index (κ2) is 7.95. The molecule has 6 nitrogen and oxygen atoms in total. The van der Waals surface area contributed by atoms with E-state index in [-0.39, 0.29) is 39.6 Å². The standard InChI is InChI=1S/2H3N.H3O4P.Pb/c;;1-5(2,3)4;/h2*1H3;(H3,1,2,3,4);/p-1. The van der Waals surface area contributed by atoms with E-state index >= 15 is 0 Å². The Hall–Kier alpha value is 0.952. The smallest absolute Gasteiger partial charge is 0 e. The Bertz CT molecular complexity index is 60.2. The Labute approximate surface area is 66.9 Å². The predicted molar refractivity (Wildman–Crippen MR) is 25.3 cm³/mol. The van der Waals surface area contributed by atoms with Crippen LogP contribution in [0.2, 0.25) is 0 Å². The minimum atomic E-state index is -5.39. The molecule has 0 atom stereocenters. The van der Waals surface area contributed by atoms with Gasteiger partial charge in [0.05, 0.1) is 0 Å². The SMILES string of the molecule is O=P([O-])([O-])[O-].[NH4+].[NH4+].[Pb]. The summed E-state index contributed by atoms with van der Waals surface area (Å²) in [4.78, 5) is 25.6. The fraction of sp³-hybridized carbons (Fsp3) is 0. The molecule has 0 unspecified atom stereocenters. The van der Waals surface area contributed by atoms with Crippen molar-refractivity contribution in [1.29, 1.82) is 0 Å². The molecule has 0 spiro atoms. The van der Waals surface area contributed by atoms with Gasteiger partial charge >= 0.3 is 0 Å². The first-order valence-electron chi connectivity index (χ1n) is 0.730. The summed E-state index contributed by atoms with van der Waals surface area (Å²) in [5, 5.41) is 0. The first-order chi connectivity index (χ1) is 2.00. The Morgan fingerprint density at radius 2 is 1.00 bits per heavy atom. The van der Waals surface area contributed by atoms with E-state index in [0.717, 1.165) is 0 Å². The van der Waals surface area contributed by atoms with E-state index in [1.54, 1.807) is 0 Å². The van der Waals surface area contributed by atoms with Crippen molar-refractivity contribution in [2.45, 2.75) is 0 Å². The minimum absolute atomic E-state index is 0. The Morgan fingerprint density at radius 1 is 1.00 bits per heavy atom. The molecular formula is H8N2O4PPb-. The van der Waals surface area contributed by atoms with Crippen LogP contribution in [-0.4, -0.2) is 27.3 Å². The van der Waals surface area contributed by atoms with Crippen molar-refractivity contribution < 1.29 is 19.2 Å². The summed E-state index contributed by atoms with van der Waals surface area (Å²) in [5.74, 6) is 0. The third-order valence-electron chi connectivity index (χ3n) is 0. The summed E-state index contributed by atoms with van der Waals surface area (Å²) in [6.07, 6.45) is 0. The summed E-state index contributed by atoms with van der Waals surface area (Å²) < 4.78 is 8.55. The summed E-state index contributed by atoms with van der Waals surface area (Å²) >= 11 is 0. The summed E-state index contributed by atoms with van der Waals surface area (Å²) in [5.41, 5.74) is 0. The van der Waals surface area contributed by atoms with Gasteiger partial charge in [0.15, 0.2) is 0 Å². The van der Waals surface area contributed by atoms with Crippen molar-refractivity contribution in [1.82, 2.24) is 12.3 Å². The summed E-state index contributed by atoms with van der Waals surface area (Å²) in [6, 6.07) is 0. The van der Waals surface area contributed by atoms with Gasteiger partial charge in [-0.1, -0.05) is 0 Å². The van der Waals surface area contributed by atoms with E-state index in [9.17, 15) is 0 Å². The zero-order valence-electron chi connectivity index (χ0n) is 4.58. The van der Waals surface area contributed by atoms with Crippen LogP contribution in [-0.2, 0) is 4.57 Å². The van der Waals surface area contributed by atoms with E-state index in [1.807, 2.05) is 0 Å². The van der Waals surface area contributed by atoms with E-state index in [0.29, 0.717) is 0 Å². The molecule has 0 aliphatic carbocycles. The van der Waals surface area contributed by atoms with Gasteiger partial charge in [-0.15, -0.1) is 0 Å². The average Bonchev–Trinajstić information content (AvgIpc) is 0.722. The van der Waals surface area contributed by atoms with Crippen molar-refractivity contribution in [2.24, 2.45) is 0 Å². The summed E-state index contributed by atoms with van der Waals surface area (Å²) in [6.45, 7) is 0. The normalized spacial score (nSPS) is 7.38. The zero-order chi connectivity index (χ0) is 4.50. The van der Waals surface area contributed by atoms with Crippen molar-refractivity contribution in [3.8, 4) is 0 Å². The second-order valence-corrected chi connectivity index (χ2v) is 1.34. The van der Waals surface area contributed by atoms with Gasteiger partial charge in [0.25, 0.3) is 0 Å². The van der Waals surface area contributed by atoms with Crippen LogP contribution in [0.25, 0.3) is 0 Å². The quantitative estimate of drug-likeness (QED) is 0.371. The first-order valence-corrected chi connectivity index (χ1v) is 2.19. The van der Waals surface area contributed by atoms with Crippen LogP contribution in [0.3, 0.4) is 0 Å². The minimum Gasteiger partial charge on any atom is -0.822 e. The fourth-order valence-electron chi connectivity index (χ4n) is 0. The molecule has 0 aliphatic rings. The zero-order valence-corrected chi connectivity index (χ0v) is 9.36. The number of hydrogen-bond acceptors (Lipinski definition) is 4. The van der Waals surface area contributed by atoms with Gasteiger partial charge in [-0.25, -0.2) is 0 Å². The molecule has 0 aliphatic heterocycles. The van der Waals surface area contributed by atoms with Crippen LogP contribution < -0.4 is 27.0 Å². The number of rotatable bonds is 0. The molecule has 0 aromatic carbocycles. The molecule has 0 rings (SSSR count). The topological polar surface area (TPSA) is 159 Å². The predicted octanol–water partition coefficient (Wildman–Crippen LogP) is -2.45. The molecule has 0 fully saturated rings. The van der Waals surface area contributed by atoms with Crippen molar-refractivity contribution in [3.63, 3.8) is 0 Å². The Balaban J connectivity index is -0.0000000267. The molecule has 0 saturated carbocycles. The molecule has 0 bridgehead atoms. The molecule has 0 heterocycles. The molecule has 8 heteroatoms. The van der Waals surface area contributed by atoms with Gasteiger partial charge in [-0.3, -0.25) is 0 Å². The largest absolute Gasteiger partial charge is 0.822 e. The second-order valence-electron chi connectivity index (χ2n) is 0.447. The maximum atomic E-state index is 8.55. The maximum absolute atomic E-state index is 8.55. The number of quaternary nitrogens is 2. The Kier molecular flexibility index (Phi) is 22.9. The fourth-order valence-corrected chi connectivity index (χ4v) is 0. The van der Waals surface area contributed by atoms with Crippen LogP contribution in [0, 0.1) is 0 Å². The molecular weight excluding hydrogens is 330 g/mol. The molecule has 0 aromatic heterocycles. The van der Waals surface area contributed by atoms with Gasteiger partial charge in [0.2, 0.25) is 0 Å². The van der Waals surface area contributed by atoms with E-state index in [4.69, 9.17) is 19.2 Å². The van der Waals surface area contributed by atoms with Crippen LogP contribution in [0.4, 0.5) is 0 Å². The van der Waals surface area contributed by atoms with Crippen LogP contribution in [0.1, 0.15) is 0 Å². The van der Waals surface area contributed by atoms with Crippen LogP contribution in [0.15, 0.2) is 0 Å². The third-order valence-corrected chi connectivity index (χ3v) is 0. The van der Waals surface area contributed by atoms with Crippen molar-refractivity contribution in [3.05, 3.63) is 0 Å². The first kappa shape index (κ1) is 23.1. The Morgan fingerprint density at radius 3 is 1.00 bits per heavy atom. The molecule has 0 amide bonds. The van der Waals surface area contributed by atoms with E-state index in [2.05, 4.69) is 0 Å². The van der Waals surface area contributed by atoms with E-state index in [1.165, 1.54) is 0 Å².